The Kier molecular flexibility index (Phi) is 7.34. The topological polar surface area (TPSA) is 111 Å². The lowest BCUT2D eigenvalue weighted by Crippen LogP contribution is -2.20. The number of nitrogens with zero attached hydrogens (tertiary/aromatic N) is 1. The van der Waals surface area contributed by atoms with Gasteiger partial charge in [-0.3, -0.25) is 5.32 Å². The fourth-order valence-corrected chi connectivity index (χ4v) is 3.50. The number of carboxylic acid groups (broad SMARTS) is 1. The second kappa shape index (κ2) is 10.8. The van der Waals surface area contributed by atoms with Gasteiger partial charge in [0.1, 0.15) is 34.5 Å². The molecule has 0 bridgehead atoms. The number of anilines is 1. The van der Waals surface area contributed by atoms with Gasteiger partial charge in [-0.2, -0.15) is 0 Å². The van der Waals surface area contributed by atoms with E-state index in [1.54, 1.807) is 37.3 Å². The molecule has 0 saturated carbocycles. The molecule has 1 amide bonds. The van der Waals surface area contributed by atoms with Crippen LogP contribution in [0.4, 0.5) is 10.5 Å². The van der Waals surface area contributed by atoms with E-state index in [9.17, 15) is 14.7 Å². The SMILES string of the molecule is CC[C@@H](C)OC(=O)Nc1c(C)noc1-c1ccc(-c2ccc(Oc3ccccc3C(=O)O)cc2)cc1. The number of amides is 1. The second-order valence-electron chi connectivity index (χ2n) is 8.23. The summed E-state index contributed by atoms with van der Waals surface area (Å²) in [5.74, 6) is 0.208. The van der Waals surface area contributed by atoms with Crippen molar-refractivity contribution >= 4 is 17.7 Å². The summed E-state index contributed by atoms with van der Waals surface area (Å²) in [6.07, 6.45) is -0.0361. The number of hydrogen-bond donors (Lipinski definition) is 2. The van der Waals surface area contributed by atoms with Crippen molar-refractivity contribution in [3.63, 3.8) is 0 Å². The molecule has 4 rings (SSSR count). The van der Waals surface area contributed by atoms with Gasteiger partial charge in [-0.25, -0.2) is 9.59 Å². The Labute approximate surface area is 208 Å². The molecule has 0 spiro atoms. The van der Waals surface area contributed by atoms with E-state index in [1.165, 1.54) is 6.07 Å². The van der Waals surface area contributed by atoms with Gasteiger partial charge in [-0.15, -0.1) is 0 Å². The van der Waals surface area contributed by atoms with Crippen molar-refractivity contribution in [3.05, 3.63) is 84.1 Å². The maximum absolute atomic E-state index is 12.2. The highest BCUT2D eigenvalue weighted by atomic mass is 16.6. The number of carbonyl (C=O) groups excluding carboxylic acids is 1. The number of benzene rings is 3. The zero-order valence-corrected chi connectivity index (χ0v) is 20.1. The number of aromatic nitrogens is 1. The number of ether oxygens (including phenoxy) is 2. The van der Waals surface area contributed by atoms with Crippen LogP contribution in [0.25, 0.3) is 22.5 Å². The first-order chi connectivity index (χ1) is 17.4. The number of carboxylic acids is 1. The molecule has 0 saturated heterocycles. The van der Waals surface area contributed by atoms with Crippen molar-refractivity contribution in [2.24, 2.45) is 0 Å². The van der Waals surface area contributed by atoms with Crippen LogP contribution in [0, 0.1) is 6.92 Å². The molecule has 0 unspecified atom stereocenters. The highest BCUT2D eigenvalue weighted by Crippen LogP contribution is 2.33. The Bertz CT molecular complexity index is 1360. The van der Waals surface area contributed by atoms with E-state index >= 15 is 0 Å². The van der Waals surface area contributed by atoms with Gasteiger partial charge in [0.2, 0.25) is 0 Å². The predicted octanol–water partition coefficient (Wildman–Crippen LogP) is 7.15. The third-order valence-electron chi connectivity index (χ3n) is 5.65. The Balaban J connectivity index is 1.49. The molecule has 4 aromatic rings. The molecule has 1 aromatic heterocycles. The highest BCUT2D eigenvalue weighted by Gasteiger charge is 2.19. The maximum atomic E-state index is 12.2. The summed E-state index contributed by atoms with van der Waals surface area (Å²) in [6, 6.07) is 21.5. The van der Waals surface area contributed by atoms with Crippen molar-refractivity contribution in [1.82, 2.24) is 5.16 Å². The Morgan fingerprint density at radius 1 is 0.972 bits per heavy atom. The highest BCUT2D eigenvalue weighted by molar-refractivity contribution is 5.91. The molecular formula is C28H26N2O6. The van der Waals surface area contributed by atoms with Gasteiger partial charge in [-0.1, -0.05) is 60.6 Å². The minimum atomic E-state index is -1.05. The number of para-hydroxylation sites is 1. The largest absolute Gasteiger partial charge is 0.478 e. The molecule has 3 aromatic carbocycles. The first kappa shape index (κ1) is 24.5. The van der Waals surface area contributed by atoms with E-state index in [2.05, 4.69) is 10.5 Å². The average molecular weight is 487 g/mol. The van der Waals surface area contributed by atoms with Crippen LogP contribution in [0.15, 0.2) is 77.3 Å². The van der Waals surface area contributed by atoms with Crippen LogP contribution < -0.4 is 10.1 Å². The lowest BCUT2D eigenvalue weighted by molar-refractivity contribution is 0.0694. The third-order valence-corrected chi connectivity index (χ3v) is 5.65. The van der Waals surface area contributed by atoms with E-state index in [1.807, 2.05) is 50.2 Å². The number of nitrogens with one attached hydrogen (secondary N) is 1. The number of aryl methyl sites for hydroxylation is 1. The molecule has 8 heteroatoms. The van der Waals surface area contributed by atoms with Crippen LogP contribution >= 0.6 is 0 Å². The first-order valence-corrected chi connectivity index (χ1v) is 11.5. The van der Waals surface area contributed by atoms with Crippen LogP contribution in [-0.2, 0) is 4.74 Å². The van der Waals surface area contributed by atoms with Crippen molar-refractivity contribution < 1.29 is 28.7 Å². The van der Waals surface area contributed by atoms with Crippen LogP contribution in [0.2, 0.25) is 0 Å². The van der Waals surface area contributed by atoms with Gasteiger partial charge in [0.15, 0.2) is 5.76 Å². The molecule has 0 aliphatic heterocycles. The molecule has 1 heterocycles. The van der Waals surface area contributed by atoms with E-state index in [0.717, 1.165) is 16.7 Å². The quantitative estimate of drug-likeness (QED) is 0.272. The van der Waals surface area contributed by atoms with Gasteiger partial charge < -0.3 is 19.1 Å². The summed E-state index contributed by atoms with van der Waals surface area (Å²) < 4.78 is 16.6. The third kappa shape index (κ3) is 5.55. The van der Waals surface area contributed by atoms with Gasteiger partial charge in [0, 0.05) is 5.56 Å². The summed E-state index contributed by atoms with van der Waals surface area (Å²) in [7, 11) is 0. The van der Waals surface area contributed by atoms with Crippen molar-refractivity contribution in [3.8, 4) is 33.9 Å². The number of aromatic carboxylic acids is 1. The van der Waals surface area contributed by atoms with E-state index < -0.39 is 12.1 Å². The smallest absolute Gasteiger partial charge is 0.412 e. The Morgan fingerprint density at radius 3 is 2.22 bits per heavy atom. The Morgan fingerprint density at radius 2 is 1.58 bits per heavy atom. The minimum absolute atomic E-state index is 0.0989. The second-order valence-corrected chi connectivity index (χ2v) is 8.23. The van der Waals surface area contributed by atoms with Crippen molar-refractivity contribution in [2.75, 3.05) is 5.32 Å². The van der Waals surface area contributed by atoms with Crippen molar-refractivity contribution in [1.29, 1.82) is 0 Å². The Hall–Kier alpha value is -4.59. The predicted molar refractivity (Wildman–Crippen MR) is 135 cm³/mol. The summed E-state index contributed by atoms with van der Waals surface area (Å²) in [5.41, 5.74) is 3.78. The number of carbonyl (C=O) groups is 2. The average Bonchev–Trinajstić information content (AvgIpc) is 3.24. The summed E-state index contributed by atoms with van der Waals surface area (Å²) >= 11 is 0. The fourth-order valence-electron chi connectivity index (χ4n) is 3.50. The fraction of sp³-hybridized carbons (Fsp3) is 0.179. The van der Waals surface area contributed by atoms with Gasteiger partial charge in [0.05, 0.1) is 0 Å². The van der Waals surface area contributed by atoms with Crippen LogP contribution in [0.3, 0.4) is 0 Å². The number of rotatable bonds is 8. The van der Waals surface area contributed by atoms with E-state index in [4.69, 9.17) is 14.0 Å². The number of hydrogen-bond acceptors (Lipinski definition) is 6. The molecule has 1 atom stereocenters. The van der Waals surface area contributed by atoms with E-state index in [0.29, 0.717) is 29.3 Å². The lowest BCUT2D eigenvalue weighted by atomic mass is 10.0. The zero-order chi connectivity index (χ0) is 25.7. The molecule has 0 radical (unpaired) electrons. The normalized spacial score (nSPS) is 11.5. The molecule has 184 valence electrons. The zero-order valence-electron chi connectivity index (χ0n) is 20.1. The molecule has 0 aliphatic carbocycles. The summed E-state index contributed by atoms with van der Waals surface area (Å²) in [4.78, 5) is 23.6. The first-order valence-electron chi connectivity index (χ1n) is 11.5. The maximum Gasteiger partial charge on any atom is 0.412 e. The van der Waals surface area contributed by atoms with Crippen LogP contribution in [0.1, 0.15) is 36.3 Å². The standard InChI is InChI=1S/C28H26N2O6/c1-4-17(2)34-28(33)29-25-18(3)30-36-26(25)21-11-9-19(10-12-21)20-13-15-22(16-14-20)35-24-8-6-5-7-23(24)27(31)32/h5-17H,4H2,1-3H3,(H,29,33)(H,31,32)/t17-/m1/s1. The molecular weight excluding hydrogens is 460 g/mol. The lowest BCUT2D eigenvalue weighted by Gasteiger charge is -2.12. The molecule has 0 aliphatic rings. The van der Waals surface area contributed by atoms with E-state index in [-0.39, 0.29) is 17.4 Å². The summed E-state index contributed by atoms with van der Waals surface area (Å²) in [5, 5.41) is 16.1. The minimum Gasteiger partial charge on any atom is -0.478 e. The molecule has 2 N–H and O–H groups in total. The van der Waals surface area contributed by atoms with Crippen LogP contribution in [-0.4, -0.2) is 28.4 Å². The monoisotopic (exact) mass is 486 g/mol. The molecule has 0 fully saturated rings. The van der Waals surface area contributed by atoms with Crippen LogP contribution in [0.5, 0.6) is 11.5 Å². The van der Waals surface area contributed by atoms with Gasteiger partial charge >= 0.3 is 12.1 Å². The molecule has 8 nitrogen and oxygen atoms in total. The van der Waals surface area contributed by atoms with Crippen molar-refractivity contribution in [2.45, 2.75) is 33.3 Å². The van der Waals surface area contributed by atoms with Gasteiger partial charge in [-0.05, 0) is 55.7 Å². The molecule has 36 heavy (non-hydrogen) atoms. The summed E-state index contributed by atoms with van der Waals surface area (Å²) in [6.45, 7) is 5.51. The van der Waals surface area contributed by atoms with Gasteiger partial charge in [0.25, 0.3) is 0 Å².